The van der Waals surface area contributed by atoms with Gasteiger partial charge in [-0.25, -0.2) is 4.98 Å². The zero-order chi connectivity index (χ0) is 29.6. The van der Waals surface area contributed by atoms with Crippen LogP contribution in [0.15, 0.2) is 48.5 Å². The summed E-state index contributed by atoms with van der Waals surface area (Å²) < 4.78 is 2.48. The van der Waals surface area contributed by atoms with Crippen LogP contribution in [0.25, 0.3) is 22.4 Å². The van der Waals surface area contributed by atoms with Gasteiger partial charge in [0.1, 0.15) is 11.3 Å². The summed E-state index contributed by atoms with van der Waals surface area (Å²) in [6.45, 7) is 19.1. The standard InChI is InChI=1S/C38H53N3/c1-9-11-13-15-18-30-24-31(38(6,7)8)26-32(25-30)39-33-19-17-20-34-36(33)40-37(41(34)21-16-14-12-10-2)35-28(4)22-27(3)23-29(35)5/h17,19-20,22-26,39H,9-16,18,21H2,1-8H3. The Labute approximate surface area is 249 Å². The number of aryl methyl sites for hydroxylation is 5. The SMILES string of the molecule is CCCCCCc1cc(Nc2cccc3c2nc(-c2c(C)cc(C)cc2C)n3CCCCCC)cc(C(C)(C)C)c1. The zero-order valence-corrected chi connectivity index (χ0v) is 27.1. The third kappa shape index (κ3) is 7.61. The highest BCUT2D eigenvalue weighted by atomic mass is 15.1. The fourth-order valence-corrected chi connectivity index (χ4v) is 6.15. The Balaban J connectivity index is 1.78. The molecule has 1 N–H and O–H groups in total. The lowest BCUT2D eigenvalue weighted by molar-refractivity contribution is 0.588. The molecule has 0 spiro atoms. The highest BCUT2D eigenvalue weighted by Gasteiger charge is 2.20. The Morgan fingerprint density at radius 3 is 2.12 bits per heavy atom. The second-order valence-electron chi connectivity index (χ2n) is 13.2. The minimum Gasteiger partial charge on any atom is -0.354 e. The number of rotatable bonds is 13. The quantitative estimate of drug-likeness (QED) is 0.167. The van der Waals surface area contributed by atoms with E-state index < -0.39 is 0 Å². The molecule has 0 aliphatic rings. The van der Waals surface area contributed by atoms with Gasteiger partial charge in [0.15, 0.2) is 0 Å². The number of aromatic nitrogens is 2. The van der Waals surface area contributed by atoms with Gasteiger partial charge in [0.25, 0.3) is 0 Å². The van der Waals surface area contributed by atoms with Gasteiger partial charge in [-0.2, -0.15) is 0 Å². The Bertz CT molecular complexity index is 1430. The van der Waals surface area contributed by atoms with E-state index in [-0.39, 0.29) is 5.41 Å². The van der Waals surface area contributed by atoms with Gasteiger partial charge < -0.3 is 9.88 Å². The number of para-hydroxylation sites is 1. The van der Waals surface area contributed by atoms with Crippen molar-refractivity contribution in [3.05, 3.63) is 76.3 Å². The third-order valence-electron chi connectivity index (χ3n) is 8.37. The van der Waals surface area contributed by atoms with Crippen LogP contribution in [0.3, 0.4) is 0 Å². The van der Waals surface area contributed by atoms with E-state index in [9.17, 15) is 0 Å². The Kier molecular flexibility index (Phi) is 10.3. The lowest BCUT2D eigenvalue weighted by Crippen LogP contribution is -2.12. The van der Waals surface area contributed by atoms with E-state index in [0.717, 1.165) is 35.7 Å². The van der Waals surface area contributed by atoms with E-state index in [0.29, 0.717) is 0 Å². The van der Waals surface area contributed by atoms with E-state index >= 15 is 0 Å². The average molecular weight is 552 g/mol. The number of hydrogen-bond donors (Lipinski definition) is 1. The summed E-state index contributed by atoms with van der Waals surface area (Å²) in [7, 11) is 0. The summed E-state index contributed by atoms with van der Waals surface area (Å²) in [5.74, 6) is 1.10. The number of imidazole rings is 1. The van der Waals surface area contributed by atoms with Gasteiger partial charge in [-0.3, -0.25) is 0 Å². The van der Waals surface area contributed by atoms with Crippen LogP contribution in [-0.2, 0) is 18.4 Å². The molecule has 220 valence electrons. The first-order valence-electron chi connectivity index (χ1n) is 16.1. The first-order chi connectivity index (χ1) is 19.6. The largest absolute Gasteiger partial charge is 0.354 e. The summed E-state index contributed by atoms with van der Waals surface area (Å²) in [6, 6.07) is 18.3. The van der Waals surface area contributed by atoms with E-state index in [1.807, 2.05) is 0 Å². The molecule has 3 heteroatoms. The normalized spacial score (nSPS) is 11.9. The van der Waals surface area contributed by atoms with Crippen molar-refractivity contribution in [2.75, 3.05) is 5.32 Å². The molecular weight excluding hydrogens is 498 g/mol. The molecule has 0 aliphatic heterocycles. The van der Waals surface area contributed by atoms with E-state index in [2.05, 4.69) is 114 Å². The molecular formula is C38H53N3. The van der Waals surface area contributed by atoms with Crippen LogP contribution in [0.5, 0.6) is 0 Å². The van der Waals surface area contributed by atoms with Gasteiger partial charge in [0.05, 0.1) is 11.2 Å². The van der Waals surface area contributed by atoms with Crippen LogP contribution in [0.4, 0.5) is 11.4 Å². The third-order valence-corrected chi connectivity index (χ3v) is 8.37. The molecule has 1 heterocycles. The summed E-state index contributed by atoms with van der Waals surface area (Å²) in [6.07, 6.45) is 11.2. The number of nitrogens with zero attached hydrogens (tertiary/aromatic N) is 2. The number of fused-ring (bicyclic) bond motifs is 1. The van der Waals surface area contributed by atoms with E-state index in [1.54, 1.807) is 0 Å². The lowest BCUT2D eigenvalue weighted by atomic mass is 9.85. The molecule has 1 aromatic heterocycles. The summed E-state index contributed by atoms with van der Waals surface area (Å²) in [4.78, 5) is 5.39. The first kappa shape index (κ1) is 30.9. The number of hydrogen-bond acceptors (Lipinski definition) is 2. The monoisotopic (exact) mass is 551 g/mol. The van der Waals surface area contributed by atoms with Crippen LogP contribution in [0, 0.1) is 20.8 Å². The Morgan fingerprint density at radius 1 is 0.780 bits per heavy atom. The predicted octanol–water partition coefficient (Wildman–Crippen LogP) is 11.4. The average Bonchev–Trinajstić information content (AvgIpc) is 3.27. The topological polar surface area (TPSA) is 29.9 Å². The Morgan fingerprint density at radius 2 is 1.46 bits per heavy atom. The van der Waals surface area contributed by atoms with E-state index in [4.69, 9.17) is 4.98 Å². The van der Waals surface area contributed by atoms with Gasteiger partial charge in [0, 0.05) is 17.8 Å². The first-order valence-corrected chi connectivity index (χ1v) is 16.1. The highest BCUT2D eigenvalue weighted by molar-refractivity contribution is 5.93. The minimum atomic E-state index is 0.0929. The molecule has 0 aliphatic carbocycles. The maximum Gasteiger partial charge on any atom is 0.141 e. The van der Waals surface area contributed by atoms with Crippen LogP contribution < -0.4 is 5.32 Å². The predicted molar refractivity (Wildman–Crippen MR) is 180 cm³/mol. The molecule has 0 saturated heterocycles. The van der Waals surface area contributed by atoms with Crippen molar-refractivity contribution in [3.63, 3.8) is 0 Å². The molecule has 0 fully saturated rings. The summed E-state index contributed by atoms with van der Waals surface area (Å²) in [5.41, 5.74) is 12.6. The molecule has 3 aromatic carbocycles. The summed E-state index contributed by atoms with van der Waals surface area (Å²) in [5, 5.41) is 3.83. The molecule has 3 nitrogen and oxygen atoms in total. The van der Waals surface area contributed by atoms with Crippen molar-refractivity contribution in [1.82, 2.24) is 9.55 Å². The fraction of sp³-hybridized carbons (Fsp3) is 0.500. The number of anilines is 2. The van der Waals surface area contributed by atoms with Crippen LogP contribution in [-0.4, -0.2) is 9.55 Å². The molecule has 4 rings (SSSR count). The minimum absolute atomic E-state index is 0.0929. The van der Waals surface area contributed by atoms with Crippen molar-refractivity contribution in [3.8, 4) is 11.4 Å². The van der Waals surface area contributed by atoms with Gasteiger partial charge in [0.2, 0.25) is 0 Å². The maximum atomic E-state index is 5.39. The van der Waals surface area contributed by atoms with Crippen LogP contribution in [0.1, 0.15) is 114 Å². The molecule has 41 heavy (non-hydrogen) atoms. The van der Waals surface area contributed by atoms with Crippen LogP contribution >= 0.6 is 0 Å². The Hall–Kier alpha value is -3.07. The smallest absolute Gasteiger partial charge is 0.141 e. The molecule has 0 radical (unpaired) electrons. The fourth-order valence-electron chi connectivity index (χ4n) is 6.15. The number of unbranched alkanes of at least 4 members (excludes halogenated alkanes) is 6. The summed E-state index contributed by atoms with van der Waals surface area (Å²) >= 11 is 0. The zero-order valence-electron chi connectivity index (χ0n) is 27.1. The highest BCUT2D eigenvalue weighted by Crippen LogP contribution is 2.36. The van der Waals surface area contributed by atoms with Gasteiger partial charge in [-0.15, -0.1) is 0 Å². The van der Waals surface area contributed by atoms with Gasteiger partial charge in [-0.05, 0) is 92.0 Å². The molecule has 0 unspecified atom stereocenters. The van der Waals surface area contributed by atoms with Crippen molar-refractivity contribution in [1.29, 1.82) is 0 Å². The lowest BCUT2D eigenvalue weighted by Gasteiger charge is -2.22. The van der Waals surface area contributed by atoms with Crippen molar-refractivity contribution >= 4 is 22.4 Å². The van der Waals surface area contributed by atoms with Gasteiger partial charge >= 0.3 is 0 Å². The van der Waals surface area contributed by atoms with Crippen molar-refractivity contribution < 1.29 is 0 Å². The number of nitrogens with one attached hydrogen (secondary N) is 1. The second kappa shape index (κ2) is 13.7. The van der Waals surface area contributed by atoms with Crippen LogP contribution in [0.2, 0.25) is 0 Å². The molecule has 4 aromatic rings. The van der Waals surface area contributed by atoms with Gasteiger partial charge in [-0.1, -0.05) is 103 Å². The van der Waals surface area contributed by atoms with Crippen molar-refractivity contribution in [2.45, 2.75) is 125 Å². The molecule has 0 saturated carbocycles. The van der Waals surface area contributed by atoms with Crippen molar-refractivity contribution in [2.24, 2.45) is 0 Å². The second-order valence-corrected chi connectivity index (χ2v) is 13.2. The maximum absolute atomic E-state index is 5.39. The van der Waals surface area contributed by atoms with E-state index in [1.165, 1.54) is 90.3 Å². The molecule has 0 bridgehead atoms. The number of benzene rings is 3. The molecule has 0 amide bonds. The molecule has 0 atom stereocenters.